The molecule has 2 rings (SSSR count). The lowest BCUT2D eigenvalue weighted by Crippen LogP contribution is -2.08. The normalized spacial score (nSPS) is 9.94. The Morgan fingerprint density at radius 1 is 1.06 bits per heavy atom. The average Bonchev–Trinajstić information content (AvgIpc) is 2.87. The number of aromatic nitrogens is 1. The quantitative estimate of drug-likeness (QED) is 0.647. The van der Waals surface area contributed by atoms with E-state index in [1.807, 2.05) is 6.07 Å². The number of ketones is 1. The van der Waals surface area contributed by atoms with E-state index in [1.54, 1.807) is 24.3 Å². The monoisotopic (exact) mass is 229 g/mol. The lowest BCUT2D eigenvalue weighted by molar-refractivity contribution is 0.0598. The van der Waals surface area contributed by atoms with E-state index in [-0.39, 0.29) is 11.3 Å². The molecule has 1 aromatic carbocycles. The van der Waals surface area contributed by atoms with Crippen LogP contribution < -0.4 is 0 Å². The third-order valence-corrected chi connectivity index (χ3v) is 2.43. The van der Waals surface area contributed by atoms with E-state index in [1.165, 1.54) is 19.5 Å². The molecular formula is C13H11NO3. The number of methoxy groups -OCH3 is 1. The molecule has 0 atom stereocenters. The number of esters is 1. The maximum atomic E-state index is 12.1. The van der Waals surface area contributed by atoms with Gasteiger partial charge in [0.2, 0.25) is 0 Å². The smallest absolute Gasteiger partial charge is 0.340 e. The van der Waals surface area contributed by atoms with Gasteiger partial charge in [0.25, 0.3) is 0 Å². The van der Waals surface area contributed by atoms with Crippen LogP contribution in [0.3, 0.4) is 0 Å². The van der Waals surface area contributed by atoms with Crippen LogP contribution in [0.15, 0.2) is 42.7 Å². The molecule has 0 radical (unpaired) electrons. The number of nitrogens with one attached hydrogen (secondary N) is 1. The topological polar surface area (TPSA) is 59.2 Å². The molecule has 0 saturated carbocycles. The number of hydrogen-bond donors (Lipinski definition) is 1. The van der Waals surface area contributed by atoms with E-state index in [0.29, 0.717) is 11.1 Å². The van der Waals surface area contributed by atoms with Crippen molar-refractivity contribution in [3.63, 3.8) is 0 Å². The van der Waals surface area contributed by atoms with Gasteiger partial charge in [-0.1, -0.05) is 30.3 Å². The third-order valence-electron chi connectivity index (χ3n) is 2.43. The zero-order valence-corrected chi connectivity index (χ0v) is 9.27. The minimum Gasteiger partial charge on any atom is -0.465 e. The predicted octanol–water partition coefficient (Wildman–Crippen LogP) is 2.03. The van der Waals surface area contributed by atoms with Gasteiger partial charge in [-0.05, 0) is 0 Å². The van der Waals surface area contributed by atoms with Gasteiger partial charge in [-0.15, -0.1) is 0 Å². The summed E-state index contributed by atoms with van der Waals surface area (Å²) in [6.45, 7) is 0. The molecule has 0 bridgehead atoms. The van der Waals surface area contributed by atoms with Gasteiger partial charge in [-0.2, -0.15) is 0 Å². The molecular weight excluding hydrogens is 218 g/mol. The van der Waals surface area contributed by atoms with Crippen molar-refractivity contribution in [2.75, 3.05) is 7.11 Å². The highest BCUT2D eigenvalue weighted by Gasteiger charge is 2.19. The zero-order chi connectivity index (χ0) is 12.3. The zero-order valence-electron chi connectivity index (χ0n) is 9.27. The van der Waals surface area contributed by atoms with Gasteiger partial charge < -0.3 is 9.72 Å². The lowest BCUT2D eigenvalue weighted by atomic mass is 10.0. The Kier molecular flexibility index (Phi) is 3.05. The Balaban J connectivity index is 2.39. The fourth-order valence-electron chi connectivity index (χ4n) is 1.58. The molecule has 0 saturated heterocycles. The number of carbonyl (C=O) groups excluding carboxylic acids is 2. The van der Waals surface area contributed by atoms with Crippen molar-refractivity contribution in [1.29, 1.82) is 0 Å². The van der Waals surface area contributed by atoms with Crippen LogP contribution in [0.1, 0.15) is 26.3 Å². The summed E-state index contributed by atoms with van der Waals surface area (Å²) >= 11 is 0. The molecule has 0 aliphatic carbocycles. The Bertz CT molecular complexity index is 543. The van der Waals surface area contributed by atoms with E-state index < -0.39 is 5.97 Å². The molecule has 1 N–H and O–H groups in total. The molecule has 17 heavy (non-hydrogen) atoms. The van der Waals surface area contributed by atoms with Crippen LogP contribution in [0.25, 0.3) is 0 Å². The maximum Gasteiger partial charge on any atom is 0.340 e. The van der Waals surface area contributed by atoms with Crippen LogP contribution in [0, 0.1) is 0 Å². The lowest BCUT2D eigenvalue weighted by Gasteiger charge is -2.01. The summed E-state index contributed by atoms with van der Waals surface area (Å²) in [7, 11) is 1.28. The molecule has 0 spiro atoms. The molecule has 0 aliphatic heterocycles. The first kappa shape index (κ1) is 11.1. The first-order valence-electron chi connectivity index (χ1n) is 5.09. The fraction of sp³-hybridized carbons (Fsp3) is 0.0769. The third kappa shape index (κ3) is 2.10. The van der Waals surface area contributed by atoms with Gasteiger partial charge in [0, 0.05) is 18.0 Å². The van der Waals surface area contributed by atoms with Crippen LogP contribution in [0.2, 0.25) is 0 Å². The number of H-pyrrole nitrogens is 1. The molecule has 1 aromatic heterocycles. The first-order valence-corrected chi connectivity index (χ1v) is 5.09. The second kappa shape index (κ2) is 4.65. The van der Waals surface area contributed by atoms with Gasteiger partial charge in [-0.25, -0.2) is 4.79 Å². The molecule has 0 amide bonds. The van der Waals surface area contributed by atoms with Crippen LogP contribution >= 0.6 is 0 Å². The summed E-state index contributed by atoms with van der Waals surface area (Å²) in [5.41, 5.74) is 1.11. The molecule has 0 fully saturated rings. The van der Waals surface area contributed by atoms with Crippen LogP contribution in [0.5, 0.6) is 0 Å². The van der Waals surface area contributed by atoms with E-state index in [4.69, 9.17) is 0 Å². The maximum absolute atomic E-state index is 12.1. The number of hydrogen-bond acceptors (Lipinski definition) is 3. The molecule has 2 aromatic rings. The first-order chi connectivity index (χ1) is 8.24. The Hall–Kier alpha value is -2.36. The van der Waals surface area contributed by atoms with Gasteiger partial charge in [0.05, 0.1) is 18.2 Å². The van der Waals surface area contributed by atoms with Crippen LogP contribution in [-0.2, 0) is 4.74 Å². The van der Waals surface area contributed by atoms with Crippen molar-refractivity contribution in [2.24, 2.45) is 0 Å². The van der Waals surface area contributed by atoms with E-state index in [2.05, 4.69) is 9.72 Å². The summed E-state index contributed by atoms with van der Waals surface area (Å²) in [6, 6.07) is 8.79. The fourth-order valence-corrected chi connectivity index (χ4v) is 1.58. The van der Waals surface area contributed by atoms with Crippen molar-refractivity contribution in [3.05, 3.63) is 59.4 Å². The SMILES string of the molecule is COC(=O)c1c[nH]cc1C(=O)c1ccccc1. The van der Waals surface area contributed by atoms with Gasteiger partial charge in [0.1, 0.15) is 0 Å². The molecule has 4 heteroatoms. The molecule has 1 heterocycles. The standard InChI is InChI=1S/C13H11NO3/c1-17-13(16)11-8-14-7-10(11)12(15)9-5-3-2-4-6-9/h2-8,14H,1H3. The molecule has 0 unspecified atom stereocenters. The van der Waals surface area contributed by atoms with E-state index in [0.717, 1.165) is 0 Å². The number of benzene rings is 1. The molecule has 86 valence electrons. The minimum atomic E-state index is -0.523. The van der Waals surface area contributed by atoms with E-state index in [9.17, 15) is 9.59 Å². The highest BCUT2D eigenvalue weighted by atomic mass is 16.5. The van der Waals surface area contributed by atoms with Crippen molar-refractivity contribution >= 4 is 11.8 Å². The Morgan fingerprint density at radius 3 is 2.35 bits per heavy atom. The Labute approximate surface area is 98.2 Å². The second-order valence-electron chi connectivity index (χ2n) is 3.47. The number of rotatable bonds is 3. The van der Waals surface area contributed by atoms with Gasteiger partial charge in [-0.3, -0.25) is 4.79 Å². The van der Waals surface area contributed by atoms with Crippen molar-refractivity contribution in [2.45, 2.75) is 0 Å². The summed E-state index contributed by atoms with van der Waals surface area (Å²) in [5.74, 6) is -0.724. The van der Waals surface area contributed by atoms with Crippen molar-refractivity contribution in [1.82, 2.24) is 4.98 Å². The molecule has 4 nitrogen and oxygen atoms in total. The molecule has 0 aliphatic rings. The summed E-state index contributed by atoms with van der Waals surface area (Å²) in [5, 5.41) is 0. The summed E-state index contributed by atoms with van der Waals surface area (Å²) < 4.78 is 4.61. The predicted molar refractivity (Wildman–Crippen MR) is 62.0 cm³/mol. The Morgan fingerprint density at radius 2 is 1.71 bits per heavy atom. The van der Waals surface area contributed by atoms with Crippen molar-refractivity contribution in [3.8, 4) is 0 Å². The minimum absolute atomic E-state index is 0.202. The number of aromatic amines is 1. The van der Waals surface area contributed by atoms with Gasteiger partial charge in [0.15, 0.2) is 5.78 Å². The van der Waals surface area contributed by atoms with Crippen LogP contribution in [0.4, 0.5) is 0 Å². The van der Waals surface area contributed by atoms with E-state index >= 15 is 0 Å². The van der Waals surface area contributed by atoms with Gasteiger partial charge >= 0.3 is 5.97 Å². The number of ether oxygens (including phenoxy) is 1. The summed E-state index contributed by atoms with van der Waals surface area (Å²) in [6.07, 6.45) is 2.96. The highest BCUT2D eigenvalue weighted by Crippen LogP contribution is 2.14. The van der Waals surface area contributed by atoms with Crippen molar-refractivity contribution < 1.29 is 14.3 Å². The number of carbonyl (C=O) groups is 2. The van der Waals surface area contributed by atoms with Crippen LogP contribution in [-0.4, -0.2) is 23.8 Å². The summed E-state index contributed by atoms with van der Waals surface area (Å²) in [4.78, 5) is 26.3. The second-order valence-corrected chi connectivity index (χ2v) is 3.47. The highest BCUT2D eigenvalue weighted by molar-refractivity contribution is 6.14. The average molecular weight is 229 g/mol. The largest absolute Gasteiger partial charge is 0.465 e.